The molecule has 0 radical (unpaired) electrons. The average Bonchev–Trinajstić information content (AvgIpc) is 2.37. The van der Waals surface area contributed by atoms with Crippen molar-refractivity contribution >= 4 is 0 Å². The van der Waals surface area contributed by atoms with Crippen molar-refractivity contribution in [3.05, 3.63) is 30.1 Å². The van der Waals surface area contributed by atoms with Gasteiger partial charge < -0.3 is 5.11 Å². The fourth-order valence-electron chi connectivity index (χ4n) is 5.87. The van der Waals surface area contributed by atoms with Gasteiger partial charge in [0.2, 0.25) is 0 Å². The second kappa shape index (κ2) is 4.84. The minimum Gasteiger partial charge on any atom is -0.393 e. The standard InChI is InChI=1S/C18H25NO/c20-17(8-16-3-1-2-4-19-16)12-18-9-13-5-14(10-18)7-15(6-13)11-18/h1-4,13-15,17,20H,5-12H2. The van der Waals surface area contributed by atoms with E-state index in [0.717, 1.165) is 36.3 Å². The third-order valence-electron chi connectivity index (χ3n) is 6.00. The van der Waals surface area contributed by atoms with Crippen LogP contribution in [0.25, 0.3) is 0 Å². The van der Waals surface area contributed by atoms with E-state index in [9.17, 15) is 5.11 Å². The highest BCUT2D eigenvalue weighted by Crippen LogP contribution is 2.61. The summed E-state index contributed by atoms with van der Waals surface area (Å²) in [6.45, 7) is 0. The number of pyridine rings is 1. The van der Waals surface area contributed by atoms with E-state index in [2.05, 4.69) is 4.98 Å². The summed E-state index contributed by atoms with van der Waals surface area (Å²) >= 11 is 0. The molecule has 1 N–H and O–H groups in total. The summed E-state index contributed by atoms with van der Waals surface area (Å²) in [6.07, 6.45) is 12.0. The smallest absolute Gasteiger partial charge is 0.0600 e. The molecule has 0 aliphatic heterocycles. The zero-order chi connectivity index (χ0) is 13.6. The highest BCUT2D eigenvalue weighted by molar-refractivity contribution is 5.06. The zero-order valence-corrected chi connectivity index (χ0v) is 12.2. The number of rotatable bonds is 4. The normalized spacial score (nSPS) is 40.0. The Labute approximate surface area is 121 Å². The lowest BCUT2D eigenvalue weighted by Gasteiger charge is -2.57. The van der Waals surface area contributed by atoms with Crippen LogP contribution in [-0.4, -0.2) is 16.2 Å². The topological polar surface area (TPSA) is 33.1 Å². The van der Waals surface area contributed by atoms with E-state index in [-0.39, 0.29) is 6.10 Å². The van der Waals surface area contributed by atoms with Crippen LogP contribution in [0.4, 0.5) is 0 Å². The number of aliphatic hydroxyl groups is 1. The molecule has 20 heavy (non-hydrogen) atoms. The highest BCUT2D eigenvalue weighted by Gasteiger charge is 2.51. The third-order valence-corrected chi connectivity index (χ3v) is 6.00. The molecule has 2 heteroatoms. The molecule has 4 bridgehead atoms. The minimum absolute atomic E-state index is 0.207. The van der Waals surface area contributed by atoms with E-state index >= 15 is 0 Å². The van der Waals surface area contributed by atoms with Crippen LogP contribution in [0.1, 0.15) is 50.6 Å². The van der Waals surface area contributed by atoms with Gasteiger partial charge in [-0.1, -0.05) is 6.07 Å². The first-order valence-corrected chi connectivity index (χ1v) is 8.29. The summed E-state index contributed by atoms with van der Waals surface area (Å²) in [5.74, 6) is 2.93. The van der Waals surface area contributed by atoms with Crippen molar-refractivity contribution in [2.75, 3.05) is 0 Å². The second-order valence-electron chi connectivity index (χ2n) is 7.80. The van der Waals surface area contributed by atoms with Gasteiger partial charge in [0.1, 0.15) is 0 Å². The van der Waals surface area contributed by atoms with Gasteiger partial charge in [-0.2, -0.15) is 0 Å². The first kappa shape index (κ1) is 12.8. The van der Waals surface area contributed by atoms with Gasteiger partial charge in [0, 0.05) is 18.3 Å². The summed E-state index contributed by atoms with van der Waals surface area (Å²) in [6, 6.07) is 5.98. The first-order chi connectivity index (χ1) is 9.71. The van der Waals surface area contributed by atoms with Crippen LogP contribution in [0.15, 0.2) is 24.4 Å². The maximum absolute atomic E-state index is 10.5. The van der Waals surface area contributed by atoms with Gasteiger partial charge in [0.15, 0.2) is 0 Å². The predicted molar refractivity (Wildman–Crippen MR) is 79.2 cm³/mol. The Morgan fingerprint density at radius 3 is 2.30 bits per heavy atom. The quantitative estimate of drug-likeness (QED) is 0.907. The van der Waals surface area contributed by atoms with Crippen LogP contribution in [0.3, 0.4) is 0 Å². The first-order valence-electron chi connectivity index (χ1n) is 8.29. The molecule has 4 aliphatic carbocycles. The zero-order valence-electron chi connectivity index (χ0n) is 12.2. The molecule has 4 saturated carbocycles. The molecule has 2 nitrogen and oxygen atoms in total. The number of nitrogens with zero attached hydrogens (tertiary/aromatic N) is 1. The van der Waals surface area contributed by atoms with Crippen LogP contribution >= 0.6 is 0 Å². The van der Waals surface area contributed by atoms with E-state index in [1.807, 2.05) is 24.4 Å². The van der Waals surface area contributed by atoms with Crippen LogP contribution in [0, 0.1) is 23.2 Å². The molecule has 0 amide bonds. The lowest BCUT2D eigenvalue weighted by atomic mass is 9.48. The van der Waals surface area contributed by atoms with Gasteiger partial charge in [-0.25, -0.2) is 0 Å². The monoisotopic (exact) mass is 271 g/mol. The van der Waals surface area contributed by atoms with Crippen molar-refractivity contribution in [1.29, 1.82) is 0 Å². The van der Waals surface area contributed by atoms with Crippen LogP contribution in [-0.2, 0) is 6.42 Å². The Morgan fingerprint density at radius 2 is 1.75 bits per heavy atom. The Hall–Kier alpha value is -0.890. The molecule has 1 atom stereocenters. The van der Waals surface area contributed by atoms with Crippen molar-refractivity contribution in [3.8, 4) is 0 Å². The maximum atomic E-state index is 10.5. The summed E-state index contributed by atoms with van der Waals surface area (Å²) < 4.78 is 0. The molecule has 1 aromatic rings. The minimum atomic E-state index is -0.207. The van der Waals surface area contributed by atoms with E-state index < -0.39 is 0 Å². The van der Waals surface area contributed by atoms with Gasteiger partial charge in [0.25, 0.3) is 0 Å². The van der Waals surface area contributed by atoms with Gasteiger partial charge in [-0.15, -0.1) is 0 Å². The third kappa shape index (κ3) is 2.39. The van der Waals surface area contributed by atoms with Crippen molar-refractivity contribution in [2.24, 2.45) is 23.2 Å². The molecular formula is C18H25NO. The molecule has 4 fully saturated rings. The van der Waals surface area contributed by atoms with Gasteiger partial charge >= 0.3 is 0 Å². The van der Waals surface area contributed by atoms with Crippen LogP contribution < -0.4 is 0 Å². The Bertz CT molecular complexity index is 434. The van der Waals surface area contributed by atoms with E-state index in [4.69, 9.17) is 0 Å². The number of aliphatic hydroxyl groups excluding tert-OH is 1. The van der Waals surface area contributed by atoms with E-state index in [0.29, 0.717) is 5.41 Å². The summed E-state index contributed by atoms with van der Waals surface area (Å²) in [5.41, 5.74) is 1.51. The molecule has 1 aromatic heterocycles. The largest absolute Gasteiger partial charge is 0.393 e. The lowest BCUT2D eigenvalue weighted by Crippen LogP contribution is -2.47. The molecule has 0 aromatic carbocycles. The van der Waals surface area contributed by atoms with Gasteiger partial charge in [0.05, 0.1) is 6.10 Å². The fourth-order valence-corrected chi connectivity index (χ4v) is 5.87. The fraction of sp³-hybridized carbons (Fsp3) is 0.722. The average molecular weight is 271 g/mol. The van der Waals surface area contributed by atoms with Gasteiger partial charge in [-0.05, 0) is 80.2 Å². The van der Waals surface area contributed by atoms with E-state index in [1.54, 1.807) is 0 Å². The van der Waals surface area contributed by atoms with E-state index in [1.165, 1.54) is 38.5 Å². The van der Waals surface area contributed by atoms with Crippen molar-refractivity contribution < 1.29 is 5.11 Å². The van der Waals surface area contributed by atoms with Gasteiger partial charge in [-0.3, -0.25) is 4.98 Å². The van der Waals surface area contributed by atoms with Crippen molar-refractivity contribution in [1.82, 2.24) is 4.98 Å². The molecule has 0 saturated heterocycles. The number of hydrogen-bond acceptors (Lipinski definition) is 2. The van der Waals surface area contributed by atoms with Crippen LogP contribution in [0.5, 0.6) is 0 Å². The summed E-state index contributed by atoms with van der Waals surface area (Å²) in [5, 5.41) is 10.5. The van der Waals surface area contributed by atoms with Crippen LogP contribution in [0.2, 0.25) is 0 Å². The molecule has 5 rings (SSSR count). The molecule has 1 heterocycles. The SMILES string of the molecule is OC(Cc1ccccn1)CC12CC3CC(CC(C3)C1)C2. The molecule has 0 spiro atoms. The Morgan fingerprint density at radius 1 is 1.10 bits per heavy atom. The predicted octanol–water partition coefficient (Wildman–Crippen LogP) is 3.59. The number of hydrogen-bond donors (Lipinski definition) is 1. The van der Waals surface area contributed by atoms with Crippen molar-refractivity contribution in [3.63, 3.8) is 0 Å². The highest BCUT2D eigenvalue weighted by atomic mass is 16.3. The molecule has 108 valence electrons. The number of aromatic nitrogens is 1. The van der Waals surface area contributed by atoms with Crippen molar-refractivity contribution in [2.45, 2.75) is 57.5 Å². The second-order valence-corrected chi connectivity index (χ2v) is 7.80. The lowest BCUT2D eigenvalue weighted by molar-refractivity contribution is -0.0756. The molecule has 1 unspecified atom stereocenters. The molecule has 4 aliphatic rings. The Kier molecular flexibility index (Phi) is 3.10. The summed E-state index contributed by atoms with van der Waals surface area (Å²) in [7, 11) is 0. The maximum Gasteiger partial charge on any atom is 0.0600 e. The Balaban J connectivity index is 1.43. The summed E-state index contributed by atoms with van der Waals surface area (Å²) in [4.78, 5) is 4.35. The molecular weight excluding hydrogens is 246 g/mol.